The van der Waals surface area contributed by atoms with Gasteiger partial charge in [-0.25, -0.2) is 10.5 Å². The van der Waals surface area contributed by atoms with Crippen LogP contribution in [0.5, 0.6) is 0 Å². The number of rotatable bonds is 2. The van der Waals surface area contributed by atoms with Gasteiger partial charge in [-0.3, -0.25) is 0 Å². The molecule has 2 aliphatic rings. The van der Waals surface area contributed by atoms with E-state index in [4.69, 9.17) is 10.5 Å². The SMILES string of the molecule is CN1C=CN(c2[c-]cc(C#N)cc2)C1.CN1C=CN(c2[c-]cc(C#N)cc2)[CH-]1.[Ir]. The second-order valence-electron chi connectivity index (χ2n) is 6.30. The Morgan fingerprint density at radius 3 is 1.90 bits per heavy atom. The second kappa shape index (κ2) is 10.3. The van der Waals surface area contributed by atoms with Gasteiger partial charge in [0, 0.05) is 51.7 Å². The molecule has 0 N–H and O–H groups in total. The fourth-order valence-corrected chi connectivity index (χ4v) is 2.59. The number of hydrogen-bond acceptors (Lipinski definition) is 6. The van der Waals surface area contributed by atoms with Crippen LogP contribution in [0.2, 0.25) is 0 Å². The standard InChI is InChI=1S/C11H10N3.C11H9N3.Ir/c2*1-13-6-7-14(9-13)11-4-2-10(8-12)3-5-11;/h2-4,6-7H,9H2,1H3;2-4,6-7,9H,1H3;/q-1;-2;. The van der Waals surface area contributed by atoms with Gasteiger partial charge in [0.25, 0.3) is 0 Å². The molecule has 0 aliphatic carbocycles. The first-order chi connectivity index (χ1) is 13.6. The van der Waals surface area contributed by atoms with Crippen molar-refractivity contribution >= 4 is 11.4 Å². The zero-order valence-corrected chi connectivity index (χ0v) is 18.5. The molecule has 149 valence electrons. The molecule has 0 amide bonds. The fraction of sp³-hybridized carbons (Fsp3) is 0.136. The summed E-state index contributed by atoms with van der Waals surface area (Å²) in [5, 5.41) is 17.3. The summed E-state index contributed by atoms with van der Waals surface area (Å²) < 4.78 is 0. The van der Waals surface area contributed by atoms with Gasteiger partial charge in [-0.05, 0) is 19.4 Å². The first-order valence-corrected chi connectivity index (χ1v) is 8.61. The van der Waals surface area contributed by atoms with E-state index in [1.165, 1.54) is 0 Å². The van der Waals surface area contributed by atoms with Gasteiger partial charge in [0.1, 0.15) is 0 Å². The normalized spacial score (nSPS) is 14.1. The summed E-state index contributed by atoms with van der Waals surface area (Å²) in [7, 11) is 3.97. The third-order valence-electron chi connectivity index (χ3n) is 4.08. The Balaban J connectivity index is 0.000000200. The maximum absolute atomic E-state index is 8.63. The molecule has 29 heavy (non-hydrogen) atoms. The summed E-state index contributed by atoms with van der Waals surface area (Å²) in [6.07, 6.45) is 7.90. The van der Waals surface area contributed by atoms with E-state index >= 15 is 0 Å². The van der Waals surface area contributed by atoms with Crippen LogP contribution >= 0.6 is 0 Å². The van der Waals surface area contributed by atoms with Crippen LogP contribution in [0.25, 0.3) is 0 Å². The van der Waals surface area contributed by atoms with E-state index in [-0.39, 0.29) is 20.1 Å². The smallest absolute Gasteiger partial charge is 0.0916 e. The molecule has 0 unspecified atom stereocenters. The molecule has 2 aliphatic heterocycles. The van der Waals surface area contributed by atoms with Crippen molar-refractivity contribution in [3.05, 3.63) is 91.1 Å². The fourth-order valence-electron chi connectivity index (χ4n) is 2.59. The maximum Gasteiger partial charge on any atom is 0.0916 e. The van der Waals surface area contributed by atoms with Crippen molar-refractivity contribution in [2.75, 3.05) is 30.6 Å². The van der Waals surface area contributed by atoms with Crippen molar-refractivity contribution in [2.24, 2.45) is 0 Å². The van der Waals surface area contributed by atoms with Gasteiger partial charge in [0.2, 0.25) is 0 Å². The van der Waals surface area contributed by atoms with Crippen LogP contribution in [0.1, 0.15) is 11.1 Å². The molecule has 1 radical (unpaired) electrons. The van der Waals surface area contributed by atoms with Gasteiger partial charge in [-0.15, -0.1) is 17.8 Å². The van der Waals surface area contributed by atoms with Gasteiger partial charge < -0.3 is 19.6 Å². The van der Waals surface area contributed by atoms with Gasteiger partial charge in [-0.1, -0.05) is 16.8 Å². The van der Waals surface area contributed by atoms with Crippen LogP contribution in [0.3, 0.4) is 0 Å². The van der Waals surface area contributed by atoms with Gasteiger partial charge >= 0.3 is 0 Å². The predicted octanol–water partition coefficient (Wildman–Crippen LogP) is 3.24. The second-order valence-corrected chi connectivity index (χ2v) is 6.30. The first kappa shape index (κ1) is 22.0. The molecule has 4 rings (SSSR count). The topological polar surface area (TPSA) is 60.5 Å². The zero-order chi connectivity index (χ0) is 19.9. The first-order valence-electron chi connectivity index (χ1n) is 8.61. The summed E-state index contributed by atoms with van der Waals surface area (Å²) in [5.41, 5.74) is 3.20. The van der Waals surface area contributed by atoms with E-state index in [1.54, 1.807) is 24.3 Å². The van der Waals surface area contributed by atoms with Crippen molar-refractivity contribution in [3.8, 4) is 12.1 Å². The van der Waals surface area contributed by atoms with Crippen LogP contribution in [0.15, 0.2) is 61.2 Å². The molecule has 0 saturated heterocycles. The van der Waals surface area contributed by atoms with Gasteiger partial charge in [-0.2, -0.15) is 43.1 Å². The van der Waals surface area contributed by atoms with Crippen molar-refractivity contribution in [2.45, 2.75) is 0 Å². The van der Waals surface area contributed by atoms with Gasteiger partial charge in [0.05, 0.1) is 6.67 Å². The van der Waals surface area contributed by atoms with Gasteiger partial charge in [0.15, 0.2) is 0 Å². The number of nitrogens with zero attached hydrogens (tertiary/aromatic N) is 6. The minimum Gasteiger partial charge on any atom is -0.510 e. The molecule has 6 nitrogen and oxygen atoms in total. The molecular weight excluding hydrogens is 541 g/mol. The number of anilines is 2. The predicted molar refractivity (Wildman–Crippen MR) is 108 cm³/mol. The number of benzene rings is 2. The molecule has 0 atom stereocenters. The molecule has 7 heteroatoms. The Labute approximate surface area is 185 Å². The molecule has 2 aromatic rings. The van der Waals surface area contributed by atoms with E-state index in [0.29, 0.717) is 11.1 Å². The summed E-state index contributed by atoms with van der Waals surface area (Å²) in [6, 6.07) is 21.0. The number of nitriles is 2. The Bertz CT molecular complexity index is 858. The van der Waals surface area contributed by atoms with E-state index in [9.17, 15) is 0 Å². The summed E-state index contributed by atoms with van der Waals surface area (Å²) in [6.45, 7) is 2.78. The molecular formula is C22H19IrN6-3. The average molecular weight is 560 g/mol. The maximum atomic E-state index is 8.63. The number of hydrogen-bond donors (Lipinski definition) is 0. The Hall–Kier alpha value is -3.25. The van der Waals surface area contributed by atoms with Crippen molar-refractivity contribution < 1.29 is 20.1 Å². The minimum atomic E-state index is 0. The molecule has 0 fully saturated rings. The Morgan fingerprint density at radius 1 is 0.862 bits per heavy atom. The third kappa shape index (κ3) is 5.86. The van der Waals surface area contributed by atoms with Crippen LogP contribution in [0.4, 0.5) is 11.4 Å². The van der Waals surface area contributed by atoms with E-state index in [0.717, 1.165) is 18.0 Å². The Kier molecular flexibility index (Phi) is 7.86. The van der Waals surface area contributed by atoms with Crippen molar-refractivity contribution in [1.29, 1.82) is 10.5 Å². The van der Waals surface area contributed by atoms with E-state index in [1.807, 2.05) is 67.5 Å². The quantitative estimate of drug-likeness (QED) is 0.527. The monoisotopic (exact) mass is 560 g/mol. The minimum absolute atomic E-state index is 0. The van der Waals surface area contributed by atoms with E-state index in [2.05, 4.69) is 34.1 Å². The molecule has 2 heterocycles. The largest absolute Gasteiger partial charge is 0.510 e. The molecule has 0 spiro atoms. The van der Waals surface area contributed by atoms with Crippen molar-refractivity contribution in [3.63, 3.8) is 0 Å². The van der Waals surface area contributed by atoms with Crippen LogP contribution < -0.4 is 9.80 Å². The average Bonchev–Trinajstić information content (AvgIpc) is 3.37. The van der Waals surface area contributed by atoms with E-state index < -0.39 is 0 Å². The third-order valence-corrected chi connectivity index (χ3v) is 4.08. The summed E-state index contributed by atoms with van der Waals surface area (Å²) >= 11 is 0. The molecule has 0 aromatic heterocycles. The Morgan fingerprint density at radius 2 is 1.48 bits per heavy atom. The molecule has 0 bridgehead atoms. The zero-order valence-electron chi connectivity index (χ0n) is 16.1. The van der Waals surface area contributed by atoms with Crippen molar-refractivity contribution in [1.82, 2.24) is 9.80 Å². The molecule has 2 aromatic carbocycles. The van der Waals surface area contributed by atoms with Crippen LogP contribution in [-0.4, -0.2) is 30.6 Å². The summed E-state index contributed by atoms with van der Waals surface area (Å²) in [5.74, 6) is 0. The van der Waals surface area contributed by atoms with Crippen LogP contribution in [0, 0.1) is 41.5 Å². The van der Waals surface area contributed by atoms with Crippen LogP contribution in [-0.2, 0) is 20.1 Å². The summed E-state index contributed by atoms with van der Waals surface area (Å²) in [4.78, 5) is 8.04. The molecule has 0 saturated carbocycles.